The Labute approximate surface area is 117 Å². The molecule has 2 amide bonds. The standard InChI is InChI=1S/C11H18N2O6S/c1-20(17,18)19-9-4-7-13(10(9)14)8-2-5-12(6-3-8)11(15)16/h8-9H,2-7H2,1H3,(H,15,16). The molecule has 2 aliphatic heterocycles. The van der Waals surface area contributed by atoms with E-state index in [4.69, 9.17) is 9.29 Å². The number of hydrogen-bond acceptors (Lipinski definition) is 5. The minimum Gasteiger partial charge on any atom is -0.465 e. The molecule has 2 fully saturated rings. The molecule has 114 valence electrons. The van der Waals surface area contributed by atoms with Crippen LogP contribution in [0.15, 0.2) is 0 Å². The lowest BCUT2D eigenvalue weighted by Gasteiger charge is -2.35. The molecule has 0 aromatic carbocycles. The van der Waals surface area contributed by atoms with Crippen LogP contribution in [0.4, 0.5) is 4.79 Å². The van der Waals surface area contributed by atoms with E-state index < -0.39 is 22.3 Å². The Kier molecular flexibility index (Phi) is 4.19. The molecule has 2 aliphatic rings. The maximum absolute atomic E-state index is 12.1. The molecular formula is C11H18N2O6S. The van der Waals surface area contributed by atoms with E-state index in [0.717, 1.165) is 6.26 Å². The molecule has 0 saturated carbocycles. The number of likely N-dealkylation sites (tertiary alicyclic amines) is 2. The van der Waals surface area contributed by atoms with Crippen molar-refractivity contribution in [1.29, 1.82) is 0 Å². The fraction of sp³-hybridized carbons (Fsp3) is 0.818. The summed E-state index contributed by atoms with van der Waals surface area (Å²) < 4.78 is 26.9. The summed E-state index contributed by atoms with van der Waals surface area (Å²) in [7, 11) is -3.65. The van der Waals surface area contributed by atoms with Crippen LogP contribution in [-0.2, 0) is 19.1 Å². The molecule has 0 radical (unpaired) electrons. The molecule has 8 nitrogen and oxygen atoms in total. The van der Waals surface area contributed by atoms with Gasteiger partial charge in [0.05, 0.1) is 6.26 Å². The van der Waals surface area contributed by atoms with Crippen molar-refractivity contribution in [2.75, 3.05) is 25.9 Å². The van der Waals surface area contributed by atoms with Gasteiger partial charge >= 0.3 is 6.09 Å². The smallest absolute Gasteiger partial charge is 0.407 e. The summed E-state index contributed by atoms with van der Waals surface area (Å²) >= 11 is 0. The summed E-state index contributed by atoms with van der Waals surface area (Å²) in [6, 6.07) is -0.0359. The Morgan fingerprint density at radius 1 is 1.25 bits per heavy atom. The predicted molar refractivity (Wildman–Crippen MR) is 68.7 cm³/mol. The zero-order valence-corrected chi connectivity index (χ0v) is 12.0. The van der Waals surface area contributed by atoms with Crippen molar-refractivity contribution in [1.82, 2.24) is 9.80 Å². The third-order valence-electron chi connectivity index (χ3n) is 3.66. The number of carboxylic acid groups (broad SMARTS) is 1. The average Bonchev–Trinajstić information content (AvgIpc) is 2.69. The van der Waals surface area contributed by atoms with Gasteiger partial charge in [0.25, 0.3) is 16.0 Å². The van der Waals surface area contributed by atoms with Crippen molar-refractivity contribution in [3.8, 4) is 0 Å². The minimum absolute atomic E-state index is 0.0359. The highest BCUT2D eigenvalue weighted by molar-refractivity contribution is 7.86. The number of rotatable bonds is 3. The zero-order valence-electron chi connectivity index (χ0n) is 11.2. The Morgan fingerprint density at radius 3 is 2.35 bits per heavy atom. The Hall–Kier alpha value is -1.35. The third-order valence-corrected chi connectivity index (χ3v) is 4.24. The highest BCUT2D eigenvalue weighted by atomic mass is 32.2. The molecule has 9 heteroatoms. The third kappa shape index (κ3) is 3.40. The number of amides is 2. The van der Waals surface area contributed by atoms with Crippen molar-refractivity contribution in [3.05, 3.63) is 0 Å². The van der Waals surface area contributed by atoms with Crippen LogP contribution in [0.25, 0.3) is 0 Å². The van der Waals surface area contributed by atoms with Crippen LogP contribution in [0.2, 0.25) is 0 Å². The Bertz CT molecular complexity index is 497. The summed E-state index contributed by atoms with van der Waals surface area (Å²) in [4.78, 5) is 25.9. The molecule has 2 rings (SSSR count). The van der Waals surface area contributed by atoms with Crippen molar-refractivity contribution in [2.24, 2.45) is 0 Å². The first-order valence-corrected chi connectivity index (χ1v) is 8.26. The molecule has 2 heterocycles. The first-order valence-electron chi connectivity index (χ1n) is 6.44. The fourth-order valence-corrected chi connectivity index (χ4v) is 3.31. The summed E-state index contributed by atoms with van der Waals surface area (Å²) in [5, 5.41) is 8.87. The summed E-state index contributed by atoms with van der Waals surface area (Å²) in [6.07, 6.45) is 0.545. The first kappa shape index (κ1) is 15.0. The second-order valence-corrected chi connectivity index (χ2v) is 6.71. The van der Waals surface area contributed by atoms with Gasteiger partial charge < -0.3 is 14.9 Å². The molecule has 0 bridgehead atoms. The first-order chi connectivity index (χ1) is 9.28. The summed E-state index contributed by atoms with van der Waals surface area (Å²) in [5.41, 5.74) is 0. The van der Waals surface area contributed by atoms with Gasteiger partial charge in [-0.15, -0.1) is 0 Å². The largest absolute Gasteiger partial charge is 0.465 e. The number of piperidine rings is 1. The Morgan fingerprint density at radius 2 is 1.85 bits per heavy atom. The molecule has 1 N–H and O–H groups in total. The Balaban J connectivity index is 1.92. The van der Waals surface area contributed by atoms with Crippen molar-refractivity contribution in [3.63, 3.8) is 0 Å². The lowest BCUT2D eigenvalue weighted by atomic mass is 10.0. The van der Waals surface area contributed by atoms with E-state index in [1.807, 2.05) is 0 Å². The lowest BCUT2D eigenvalue weighted by molar-refractivity contribution is -0.135. The van der Waals surface area contributed by atoms with Crippen LogP contribution in [0.1, 0.15) is 19.3 Å². The molecule has 0 aliphatic carbocycles. The maximum Gasteiger partial charge on any atom is 0.407 e. The van der Waals surface area contributed by atoms with Crippen molar-refractivity contribution >= 4 is 22.1 Å². The number of nitrogens with zero attached hydrogens (tertiary/aromatic N) is 2. The monoisotopic (exact) mass is 306 g/mol. The van der Waals surface area contributed by atoms with E-state index in [9.17, 15) is 18.0 Å². The van der Waals surface area contributed by atoms with E-state index in [0.29, 0.717) is 38.9 Å². The van der Waals surface area contributed by atoms with Crippen LogP contribution in [0, 0.1) is 0 Å². The molecular weight excluding hydrogens is 288 g/mol. The normalized spacial score (nSPS) is 25.2. The summed E-state index contributed by atoms with van der Waals surface area (Å²) in [6.45, 7) is 1.24. The highest BCUT2D eigenvalue weighted by Gasteiger charge is 2.39. The molecule has 0 aromatic rings. The van der Waals surface area contributed by atoms with Gasteiger partial charge in [-0.2, -0.15) is 8.42 Å². The van der Waals surface area contributed by atoms with Gasteiger partial charge in [-0.05, 0) is 12.8 Å². The highest BCUT2D eigenvalue weighted by Crippen LogP contribution is 2.24. The van der Waals surface area contributed by atoms with Gasteiger partial charge in [0, 0.05) is 32.1 Å². The predicted octanol–water partition coefficient (Wildman–Crippen LogP) is -0.294. The fourth-order valence-electron chi connectivity index (χ4n) is 2.71. The molecule has 20 heavy (non-hydrogen) atoms. The van der Waals surface area contributed by atoms with E-state index in [1.54, 1.807) is 4.90 Å². The van der Waals surface area contributed by atoms with Crippen molar-refractivity contribution < 1.29 is 27.3 Å². The van der Waals surface area contributed by atoms with E-state index in [2.05, 4.69) is 0 Å². The van der Waals surface area contributed by atoms with Crippen LogP contribution >= 0.6 is 0 Å². The zero-order chi connectivity index (χ0) is 14.9. The SMILES string of the molecule is CS(=O)(=O)OC1CCN(C2CCN(C(=O)O)CC2)C1=O. The second-order valence-electron chi connectivity index (χ2n) is 5.11. The van der Waals surface area contributed by atoms with E-state index >= 15 is 0 Å². The molecule has 0 aromatic heterocycles. The maximum atomic E-state index is 12.1. The van der Waals surface area contributed by atoms with Gasteiger partial charge in [-0.3, -0.25) is 8.98 Å². The average molecular weight is 306 g/mol. The number of carbonyl (C=O) groups excluding carboxylic acids is 1. The van der Waals surface area contributed by atoms with Crippen molar-refractivity contribution in [2.45, 2.75) is 31.4 Å². The number of hydrogen-bond donors (Lipinski definition) is 1. The van der Waals surface area contributed by atoms with E-state index in [1.165, 1.54) is 4.90 Å². The molecule has 0 spiro atoms. The van der Waals surface area contributed by atoms with Crippen LogP contribution in [-0.4, -0.2) is 73.4 Å². The van der Waals surface area contributed by atoms with E-state index in [-0.39, 0.29) is 11.9 Å². The van der Waals surface area contributed by atoms with Crippen LogP contribution < -0.4 is 0 Å². The van der Waals surface area contributed by atoms with Gasteiger partial charge in [-0.1, -0.05) is 0 Å². The molecule has 1 unspecified atom stereocenters. The lowest BCUT2D eigenvalue weighted by Crippen LogP contribution is -2.47. The summed E-state index contributed by atoms with van der Waals surface area (Å²) in [5.74, 6) is -0.316. The second kappa shape index (κ2) is 5.57. The molecule has 2 saturated heterocycles. The molecule has 1 atom stereocenters. The van der Waals surface area contributed by atoms with Gasteiger partial charge in [0.2, 0.25) is 0 Å². The topological polar surface area (TPSA) is 104 Å². The van der Waals surface area contributed by atoms with Crippen LogP contribution in [0.3, 0.4) is 0 Å². The van der Waals surface area contributed by atoms with Crippen LogP contribution in [0.5, 0.6) is 0 Å². The minimum atomic E-state index is -3.65. The van der Waals surface area contributed by atoms with Gasteiger partial charge in [-0.25, -0.2) is 4.79 Å². The van der Waals surface area contributed by atoms with Gasteiger partial charge in [0.15, 0.2) is 6.10 Å². The van der Waals surface area contributed by atoms with Gasteiger partial charge in [0.1, 0.15) is 0 Å². The quantitative estimate of drug-likeness (QED) is 0.718. The number of carbonyl (C=O) groups is 2.